The number of nitrogens with two attached hydrogens (primary N) is 1. The Kier molecular flexibility index (Phi) is 13.4. The summed E-state index contributed by atoms with van der Waals surface area (Å²) >= 11 is 0. The summed E-state index contributed by atoms with van der Waals surface area (Å²) in [5.74, 6) is -0.213. The van der Waals surface area contributed by atoms with Gasteiger partial charge in [0.15, 0.2) is 6.23 Å². The van der Waals surface area contributed by atoms with Gasteiger partial charge >= 0.3 is 6.03 Å². The minimum Gasteiger partial charge on any atom is -0.394 e. The monoisotopic (exact) mass is 502 g/mol. The van der Waals surface area contributed by atoms with E-state index in [0.717, 1.165) is 51.9 Å². The van der Waals surface area contributed by atoms with Crippen molar-refractivity contribution in [2.24, 2.45) is 5.73 Å². The summed E-state index contributed by atoms with van der Waals surface area (Å²) in [7, 11) is 0. The highest BCUT2D eigenvalue weighted by Gasteiger charge is 2.46. The lowest BCUT2D eigenvalue weighted by Gasteiger charge is -2.32. The molecule has 35 heavy (non-hydrogen) atoms. The second-order valence-electron chi connectivity index (χ2n) is 8.74. The van der Waals surface area contributed by atoms with Crippen LogP contribution in [0, 0.1) is 0 Å². The number of carbonyl (C=O) groups excluding carboxylic acids is 2. The molecule has 2 heterocycles. The van der Waals surface area contributed by atoms with E-state index < -0.39 is 43.3 Å². The van der Waals surface area contributed by atoms with Crippen molar-refractivity contribution in [2.45, 2.75) is 62.7 Å². The maximum atomic E-state index is 12.2. The fourth-order valence-corrected chi connectivity index (χ4v) is 3.89. The van der Waals surface area contributed by atoms with Crippen LogP contribution < -0.4 is 27.0 Å². The summed E-state index contributed by atoms with van der Waals surface area (Å²) in [4.78, 5) is 25.5. The van der Waals surface area contributed by atoms with Crippen LogP contribution in [0.15, 0.2) is 11.8 Å². The lowest BCUT2D eigenvalue weighted by molar-refractivity contribution is -0.121. The Balaban J connectivity index is 1.62. The summed E-state index contributed by atoms with van der Waals surface area (Å²) in [6.07, 6.45) is -0.912. The number of rotatable bonds is 17. The quantitative estimate of drug-likeness (QED) is 0.0917. The number of aliphatic hydroxyl groups is 4. The van der Waals surface area contributed by atoms with Crippen LogP contribution in [0.25, 0.3) is 0 Å². The summed E-state index contributed by atoms with van der Waals surface area (Å²) < 4.78 is 5.43. The normalized spacial score (nSPS) is 26.5. The molecule has 0 aromatic rings. The third kappa shape index (κ3) is 9.61. The van der Waals surface area contributed by atoms with Crippen LogP contribution in [0.1, 0.15) is 32.1 Å². The van der Waals surface area contributed by atoms with Gasteiger partial charge in [0.05, 0.1) is 6.61 Å². The number of carbonyl (C=O) groups is 2. The van der Waals surface area contributed by atoms with Crippen molar-refractivity contribution >= 4 is 11.9 Å². The van der Waals surface area contributed by atoms with Crippen molar-refractivity contribution < 1.29 is 34.8 Å². The van der Waals surface area contributed by atoms with Crippen molar-refractivity contribution in [3.8, 4) is 0 Å². The van der Waals surface area contributed by atoms with Crippen LogP contribution in [-0.4, -0.2) is 120 Å². The van der Waals surface area contributed by atoms with Crippen molar-refractivity contribution in [1.29, 1.82) is 0 Å². The minimum atomic E-state index is -1.42. The van der Waals surface area contributed by atoms with E-state index in [2.05, 4.69) is 21.3 Å². The Morgan fingerprint density at radius 3 is 2.31 bits per heavy atom. The van der Waals surface area contributed by atoms with Gasteiger partial charge in [-0.3, -0.25) is 4.79 Å². The number of hydrogen-bond donors (Lipinski definition) is 9. The van der Waals surface area contributed by atoms with Crippen LogP contribution in [-0.2, 0) is 9.53 Å². The highest BCUT2D eigenvalue weighted by atomic mass is 16.6. The fourth-order valence-electron chi connectivity index (χ4n) is 3.89. The molecule has 2 unspecified atom stereocenters. The number of ether oxygens (including phenoxy) is 1. The Morgan fingerprint density at radius 2 is 1.69 bits per heavy atom. The largest absolute Gasteiger partial charge is 0.394 e. The predicted molar refractivity (Wildman–Crippen MR) is 128 cm³/mol. The fraction of sp³-hybridized carbons (Fsp3) is 0.818. The third-order valence-corrected chi connectivity index (χ3v) is 5.96. The molecule has 1 fully saturated rings. The second kappa shape index (κ2) is 16.0. The summed E-state index contributed by atoms with van der Waals surface area (Å²) in [6.45, 7) is 4.44. The van der Waals surface area contributed by atoms with Crippen LogP contribution in [0.4, 0.5) is 4.79 Å². The lowest BCUT2D eigenvalue weighted by Crippen LogP contribution is -2.52. The van der Waals surface area contributed by atoms with E-state index in [1.807, 2.05) is 0 Å². The number of amides is 3. The van der Waals surface area contributed by atoms with E-state index in [4.69, 9.17) is 10.5 Å². The Labute approximate surface area is 206 Å². The lowest BCUT2D eigenvalue weighted by atomic mass is 10.00. The van der Waals surface area contributed by atoms with Gasteiger partial charge in [-0.1, -0.05) is 0 Å². The molecule has 2 aliphatic heterocycles. The highest BCUT2D eigenvalue weighted by molar-refractivity contribution is 5.80. The average molecular weight is 503 g/mol. The molecule has 2 aliphatic rings. The molecule has 0 aromatic carbocycles. The number of urea groups is 1. The van der Waals surface area contributed by atoms with Crippen LogP contribution in [0.5, 0.6) is 0 Å². The topological polar surface area (TPSA) is 202 Å². The molecule has 2 rings (SSSR count). The summed E-state index contributed by atoms with van der Waals surface area (Å²) in [5.41, 5.74) is 5.57. The standard InChI is InChI=1S/C22H42N6O7/c23-6-3-9-24-7-1-2-8-25-10-4-11-26-17(30)5-12-28-13-15(21(33)27-22(28)34)20-19(32)18(31)16(14-29)35-20/h13,16,18-21,24-25,29,31-33H,1-12,14,23H2,(H,26,30)(H,27,34)/t16-,18?,19+,20+,21?/m1/s1. The van der Waals surface area contributed by atoms with E-state index in [1.54, 1.807) is 0 Å². The zero-order chi connectivity index (χ0) is 25.6. The maximum absolute atomic E-state index is 12.2. The van der Waals surface area contributed by atoms with Crippen LogP contribution >= 0.6 is 0 Å². The molecular formula is C22H42N6O7. The predicted octanol–water partition coefficient (Wildman–Crippen LogP) is -3.10. The first kappa shape index (κ1) is 29.4. The van der Waals surface area contributed by atoms with E-state index >= 15 is 0 Å². The van der Waals surface area contributed by atoms with Gasteiger partial charge < -0.3 is 57.1 Å². The van der Waals surface area contributed by atoms with Crippen LogP contribution in [0.2, 0.25) is 0 Å². The number of unbranched alkanes of at least 4 members (excludes halogenated alkanes) is 1. The van der Waals surface area contributed by atoms with Gasteiger partial charge in [-0.2, -0.15) is 0 Å². The zero-order valence-corrected chi connectivity index (χ0v) is 20.2. The van der Waals surface area contributed by atoms with Crippen molar-refractivity contribution in [1.82, 2.24) is 26.2 Å². The second-order valence-corrected chi connectivity index (χ2v) is 8.74. The molecule has 202 valence electrons. The molecule has 0 radical (unpaired) electrons. The molecule has 13 nitrogen and oxygen atoms in total. The molecule has 0 spiro atoms. The Bertz CT molecular complexity index is 683. The Morgan fingerprint density at radius 1 is 1.03 bits per heavy atom. The van der Waals surface area contributed by atoms with Crippen molar-refractivity contribution in [3.05, 3.63) is 11.8 Å². The molecular weight excluding hydrogens is 460 g/mol. The first-order valence-electron chi connectivity index (χ1n) is 12.4. The van der Waals surface area contributed by atoms with Crippen molar-refractivity contribution in [3.63, 3.8) is 0 Å². The SMILES string of the molecule is NCCCNCCCCNCCCNC(=O)CCN1C=C([C@@H]2O[C@H](CO)C(O)[C@@H]2O)C(O)NC1=O. The first-order chi connectivity index (χ1) is 16.9. The molecule has 0 saturated carbocycles. The van der Waals surface area contributed by atoms with Crippen LogP contribution in [0.3, 0.4) is 0 Å². The van der Waals surface area contributed by atoms with E-state index in [1.165, 1.54) is 11.1 Å². The molecule has 0 aliphatic carbocycles. The van der Waals surface area contributed by atoms with Gasteiger partial charge in [-0.25, -0.2) is 4.79 Å². The summed E-state index contributed by atoms with van der Waals surface area (Å²) in [6, 6.07) is -0.598. The third-order valence-electron chi connectivity index (χ3n) is 5.96. The molecule has 3 amide bonds. The maximum Gasteiger partial charge on any atom is 0.323 e. The van der Waals surface area contributed by atoms with Gasteiger partial charge in [0.2, 0.25) is 5.91 Å². The first-order valence-corrected chi connectivity index (χ1v) is 12.4. The van der Waals surface area contributed by atoms with Crippen molar-refractivity contribution in [2.75, 3.05) is 52.4 Å². The van der Waals surface area contributed by atoms with Gasteiger partial charge in [0.1, 0.15) is 24.4 Å². The smallest absolute Gasteiger partial charge is 0.323 e. The van der Waals surface area contributed by atoms with Gasteiger partial charge in [0, 0.05) is 31.3 Å². The molecule has 5 atom stereocenters. The van der Waals surface area contributed by atoms with E-state index in [0.29, 0.717) is 13.1 Å². The highest BCUT2D eigenvalue weighted by Crippen LogP contribution is 2.29. The van der Waals surface area contributed by atoms with E-state index in [9.17, 15) is 30.0 Å². The number of nitrogens with zero attached hydrogens (tertiary/aromatic N) is 1. The molecule has 10 N–H and O–H groups in total. The molecule has 1 saturated heterocycles. The van der Waals surface area contributed by atoms with Gasteiger partial charge in [-0.05, 0) is 58.4 Å². The molecule has 0 bridgehead atoms. The Hall–Kier alpha value is -1.84. The van der Waals surface area contributed by atoms with Gasteiger partial charge in [0.25, 0.3) is 0 Å². The number of hydrogen-bond acceptors (Lipinski definition) is 10. The number of aliphatic hydroxyl groups excluding tert-OH is 4. The zero-order valence-electron chi connectivity index (χ0n) is 20.2. The molecule has 13 heteroatoms. The molecule has 0 aromatic heterocycles. The minimum absolute atomic E-state index is 0.0495. The van der Waals surface area contributed by atoms with Gasteiger partial charge in [-0.15, -0.1) is 0 Å². The average Bonchev–Trinajstić information content (AvgIpc) is 3.12. The van der Waals surface area contributed by atoms with E-state index in [-0.39, 0.29) is 24.4 Å². The number of nitrogens with one attached hydrogen (secondary N) is 4. The summed E-state index contributed by atoms with van der Waals surface area (Å²) in [5, 5.41) is 51.4.